The van der Waals surface area contributed by atoms with E-state index in [1.165, 1.54) is 24.0 Å². The molecule has 0 amide bonds. The molecule has 1 fully saturated rings. The van der Waals surface area contributed by atoms with E-state index < -0.39 is 0 Å². The highest BCUT2D eigenvalue weighted by molar-refractivity contribution is 9.10. The molecular weight excluding hydrogens is 330 g/mol. The smallest absolute Gasteiger partial charge is 0.175 e. The van der Waals surface area contributed by atoms with Crippen molar-refractivity contribution in [2.75, 3.05) is 26.3 Å². The summed E-state index contributed by atoms with van der Waals surface area (Å²) in [6.07, 6.45) is 5.65. The Morgan fingerprint density at radius 3 is 2.62 bits per heavy atom. The molecule has 1 saturated heterocycles. The van der Waals surface area contributed by atoms with Gasteiger partial charge in [-0.2, -0.15) is 0 Å². The van der Waals surface area contributed by atoms with Crippen LogP contribution in [0.5, 0.6) is 11.5 Å². The third kappa shape index (κ3) is 3.37. The van der Waals surface area contributed by atoms with E-state index in [1.54, 1.807) is 0 Å². The van der Waals surface area contributed by atoms with Crippen LogP contribution in [0, 0.1) is 5.92 Å². The standard InChI is InChI=1S/C17H24BrNO2/c1-2-14-13(10-12-4-6-19-7-5-12)11-15(18)17-16(14)20-8-3-9-21-17/h11-12,19H,2-10H2,1H3. The quantitative estimate of drug-likeness (QED) is 0.898. The molecular formula is C17H24BrNO2. The van der Waals surface area contributed by atoms with Gasteiger partial charge in [0.15, 0.2) is 11.5 Å². The molecule has 3 nitrogen and oxygen atoms in total. The molecule has 0 aliphatic carbocycles. The molecule has 21 heavy (non-hydrogen) atoms. The van der Waals surface area contributed by atoms with Crippen molar-refractivity contribution in [1.82, 2.24) is 5.32 Å². The van der Waals surface area contributed by atoms with Crippen molar-refractivity contribution in [2.45, 2.75) is 39.0 Å². The molecule has 1 N–H and O–H groups in total. The van der Waals surface area contributed by atoms with Gasteiger partial charge in [0.1, 0.15) is 0 Å². The summed E-state index contributed by atoms with van der Waals surface area (Å²) in [5, 5.41) is 3.44. The Hall–Kier alpha value is -0.740. The minimum Gasteiger partial charge on any atom is -0.489 e. The molecule has 1 aromatic rings. The number of hydrogen-bond donors (Lipinski definition) is 1. The van der Waals surface area contributed by atoms with Crippen molar-refractivity contribution in [3.8, 4) is 11.5 Å². The van der Waals surface area contributed by atoms with Crippen LogP contribution in [0.2, 0.25) is 0 Å². The zero-order valence-electron chi connectivity index (χ0n) is 12.7. The van der Waals surface area contributed by atoms with Gasteiger partial charge in [-0.25, -0.2) is 0 Å². The Morgan fingerprint density at radius 2 is 1.90 bits per heavy atom. The number of nitrogens with one attached hydrogen (secondary N) is 1. The summed E-state index contributed by atoms with van der Waals surface area (Å²) in [4.78, 5) is 0. The highest BCUT2D eigenvalue weighted by Gasteiger charge is 2.23. The fourth-order valence-corrected chi connectivity index (χ4v) is 3.93. The predicted octanol–water partition coefficient (Wildman–Crippen LogP) is 3.71. The summed E-state index contributed by atoms with van der Waals surface area (Å²) in [5.74, 6) is 2.67. The molecule has 2 aliphatic rings. The lowest BCUT2D eigenvalue weighted by molar-refractivity contribution is 0.295. The van der Waals surface area contributed by atoms with Crippen LogP contribution in [0.1, 0.15) is 37.3 Å². The van der Waals surface area contributed by atoms with Crippen LogP contribution in [0.15, 0.2) is 10.5 Å². The second kappa shape index (κ2) is 7.01. The van der Waals surface area contributed by atoms with Gasteiger partial charge in [-0.15, -0.1) is 0 Å². The topological polar surface area (TPSA) is 30.5 Å². The molecule has 116 valence electrons. The van der Waals surface area contributed by atoms with Gasteiger partial charge < -0.3 is 14.8 Å². The van der Waals surface area contributed by atoms with Crippen molar-refractivity contribution in [3.05, 3.63) is 21.7 Å². The van der Waals surface area contributed by atoms with Gasteiger partial charge in [-0.1, -0.05) is 6.92 Å². The average Bonchev–Trinajstić information content (AvgIpc) is 2.75. The number of rotatable bonds is 3. The van der Waals surface area contributed by atoms with Crippen LogP contribution >= 0.6 is 15.9 Å². The number of piperidine rings is 1. The van der Waals surface area contributed by atoms with E-state index in [4.69, 9.17) is 9.47 Å². The Labute approximate surface area is 135 Å². The van der Waals surface area contributed by atoms with Gasteiger partial charge in [0.25, 0.3) is 0 Å². The number of halogens is 1. The van der Waals surface area contributed by atoms with Crippen molar-refractivity contribution < 1.29 is 9.47 Å². The fraction of sp³-hybridized carbons (Fsp3) is 0.647. The number of fused-ring (bicyclic) bond motifs is 1. The van der Waals surface area contributed by atoms with Crippen molar-refractivity contribution in [3.63, 3.8) is 0 Å². The Bertz CT molecular complexity index is 498. The zero-order chi connectivity index (χ0) is 14.7. The number of ether oxygens (including phenoxy) is 2. The number of benzene rings is 1. The minimum absolute atomic E-state index is 0.738. The summed E-state index contributed by atoms with van der Waals surface area (Å²) < 4.78 is 12.9. The van der Waals surface area contributed by atoms with E-state index in [-0.39, 0.29) is 0 Å². The molecule has 0 atom stereocenters. The van der Waals surface area contributed by atoms with Gasteiger partial charge in [0, 0.05) is 12.0 Å². The fourth-order valence-electron chi connectivity index (χ4n) is 3.36. The van der Waals surface area contributed by atoms with Gasteiger partial charge in [0.2, 0.25) is 0 Å². The van der Waals surface area contributed by atoms with Gasteiger partial charge in [-0.05, 0) is 72.3 Å². The number of hydrogen-bond acceptors (Lipinski definition) is 3. The second-order valence-electron chi connectivity index (χ2n) is 5.96. The molecule has 0 radical (unpaired) electrons. The second-order valence-corrected chi connectivity index (χ2v) is 6.81. The average molecular weight is 354 g/mol. The predicted molar refractivity (Wildman–Crippen MR) is 88.4 cm³/mol. The van der Waals surface area contributed by atoms with Crippen LogP contribution < -0.4 is 14.8 Å². The maximum absolute atomic E-state index is 6.01. The maximum Gasteiger partial charge on any atom is 0.175 e. The lowest BCUT2D eigenvalue weighted by Crippen LogP contribution is -2.28. The molecule has 0 aromatic heterocycles. The lowest BCUT2D eigenvalue weighted by atomic mass is 9.88. The molecule has 0 saturated carbocycles. The Balaban J connectivity index is 1.92. The third-order valence-electron chi connectivity index (χ3n) is 4.49. The largest absolute Gasteiger partial charge is 0.489 e. The molecule has 2 aliphatic heterocycles. The first-order chi connectivity index (χ1) is 10.3. The molecule has 0 spiro atoms. The zero-order valence-corrected chi connectivity index (χ0v) is 14.3. The first kappa shape index (κ1) is 15.2. The molecule has 1 aromatic carbocycles. The first-order valence-electron chi connectivity index (χ1n) is 8.10. The van der Waals surface area contributed by atoms with E-state index >= 15 is 0 Å². The van der Waals surface area contributed by atoms with Crippen LogP contribution in [-0.2, 0) is 12.8 Å². The maximum atomic E-state index is 6.01. The monoisotopic (exact) mass is 353 g/mol. The van der Waals surface area contributed by atoms with E-state index in [0.29, 0.717) is 0 Å². The highest BCUT2D eigenvalue weighted by Crippen LogP contribution is 2.43. The summed E-state index contributed by atoms with van der Waals surface area (Å²) in [5.41, 5.74) is 2.77. The summed E-state index contributed by atoms with van der Waals surface area (Å²) in [6.45, 7) is 6.00. The summed E-state index contributed by atoms with van der Waals surface area (Å²) in [7, 11) is 0. The highest BCUT2D eigenvalue weighted by atomic mass is 79.9. The van der Waals surface area contributed by atoms with Crippen LogP contribution in [0.4, 0.5) is 0 Å². The summed E-state index contributed by atoms with van der Waals surface area (Å²) >= 11 is 3.68. The van der Waals surface area contributed by atoms with Crippen LogP contribution in [0.3, 0.4) is 0 Å². The van der Waals surface area contributed by atoms with E-state index in [0.717, 1.165) is 67.5 Å². The normalized spacial score (nSPS) is 19.3. The molecule has 3 rings (SSSR count). The van der Waals surface area contributed by atoms with Crippen molar-refractivity contribution >= 4 is 15.9 Å². The molecule has 4 heteroatoms. The lowest BCUT2D eigenvalue weighted by Gasteiger charge is -2.25. The van der Waals surface area contributed by atoms with E-state index in [2.05, 4.69) is 34.2 Å². The minimum atomic E-state index is 0.738. The van der Waals surface area contributed by atoms with Crippen LogP contribution in [0.25, 0.3) is 0 Å². The van der Waals surface area contributed by atoms with E-state index in [1.807, 2.05) is 0 Å². The van der Waals surface area contributed by atoms with E-state index in [9.17, 15) is 0 Å². The van der Waals surface area contributed by atoms with Gasteiger partial charge >= 0.3 is 0 Å². The SMILES string of the molecule is CCc1c(CC2CCNCC2)cc(Br)c2c1OCCCO2. The van der Waals surface area contributed by atoms with Gasteiger partial charge in [0.05, 0.1) is 17.7 Å². The van der Waals surface area contributed by atoms with Gasteiger partial charge in [-0.3, -0.25) is 0 Å². The first-order valence-corrected chi connectivity index (χ1v) is 8.89. The Kier molecular flexibility index (Phi) is 5.07. The Morgan fingerprint density at radius 1 is 1.19 bits per heavy atom. The van der Waals surface area contributed by atoms with Crippen LogP contribution in [-0.4, -0.2) is 26.3 Å². The summed E-state index contributed by atoms with van der Waals surface area (Å²) in [6, 6.07) is 2.26. The van der Waals surface area contributed by atoms with Crippen molar-refractivity contribution in [2.24, 2.45) is 5.92 Å². The molecule has 2 heterocycles. The van der Waals surface area contributed by atoms with Crippen molar-refractivity contribution in [1.29, 1.82) is 0 Å². The third-order valence-corrected chi connectivity index (χ3v) is 5.08. The molecule has 0 unspecified atom stereocenters. The molecule has 0 bridgehead atoms.